The van der Waals surface area contributed by atoms with Crippen LogP contribution in [-0.4, -0.2) is 55.1 Å². The third-order valence-corrected chi connectivity index (χ3v) is 9.58. The summed E-state index contributed by atoms with van der Waals surface area (Å²) in [7, 11) is 0.811. The molecule has 2 bridgehead atoms. The van der Waals surface area contributed by atoms with Crippen LogP contribution in [0.15, 0.2) is 53.7 Å². The Balaban J connectivity index is 1.39. The van der Waals surface area contributed by atoms with E-state index < -0.39 is 36.1 Å². The highest BCUT2D eigenvalue weighted by Crippen LogP contribution is 2.65. The number of hydrogen-bond acceptors (Lipinski definition) is 8. The van der Waals surface area contributed by atoms with E-state index in [-0.39, 0.29) is 30.3 Å². The van der Waals surface area contributed by atoms with Crippen molar-refractivity contribution in [3.8, 4) is 5.75 Å². The molecule has 0 aromatic heterocycles. The van der Waals surface area contributed by atoms with E-state index in [1.54, 1.807) is 19.1 Å². The Morgan fingerprint density at radius 1 is 1.09 bits per heavy atom. The summed E-state index contributed by atoms with van der Waals surface area (Å²) in [5, 5.41) is 7.17. The summed E-state index contributed by atoms with van der Waals surface area (Å²) in [5.41, 5.74) is 1.19. The monoisotopic (exact) mass is 604 g/mol. The molecule has 1 saturated heterocycles. The van der Waals surface area contributed by atoms with E-state index >= 15 is 0 Å². The van der Waals surface area contributed by atoms with Gasteiger partial charge in [-0.1, -0.05) is 61.5 Å². The second-order valence-electron chi connectivity index (χ2n) is 14.1. The largest absolute Gasteiger partial charge is 0.496 e. The van der Waals surface area contributed by atoms with Crippen LogP contribution in [0.5, 0.6) is 5.75 Å². The van der Waals surface area contributed by atoms with Gasteiger partial charge in [-0.3, -0.25) is 4.79 Å². The molecule has 44 heavy (non-hydrogen) atoms. The van der Waals surface area contributed by atoms with Gasteiger partial charge in [0.1, 0.15) is 29.2 Å². The van der Waals surface area contributed by atoms with Crippen molar-refractivity contribution in [1.29, 1.82) is 0 Å². The molecule has 3 saturated carbocycles. The number of amides is 1. The van der Waals surface area contributed by atoms with Crippen LogP contribution in [0.3, 0.4) is 0 Å². The van der Waals surface area contributed by atoms with E-state index in [9.17, 15) is 9.59 Å². The second kappa shape index (κ2) is 12.2. The molecule has 4 aliphatic rings. The number of oxime groups is 1. The number of nitrogens with one attached hydrogen (secondary N) is 1. The van der Waals surface area contributed by atoms with Gasteiger partial charge in [-0.2, -0.15) is 0 Å². The van der Waals surface area contributed by atoms with Gasteiger partial charge < -0.3 is 28.9 Å². The molecule has 1 N–H and O–H groups in total. The quantitative estimate of drug-likeness (QED) is 0.164. The predicted molar refractivity (Wildman–Crippen MR) is 168 cm³/mol. The van der Waals surface area contributed by atoms with E-state index in [2.05, 4.69) is 31.2 Å². The van der Waals surface area contributed by atoms with E-state index in [1.807, 2.05) is 57.2 Å². The number of carbonyl (C=O) groups excluding carboxylic acids is 2. The second-order valence-corrected chi connectivity index (χ2v) is 14.1. The van der Waals surface area contributed by atoms with Crippen molar-refractivity contribution >= 4 is 24.7 Å². The molecular weight excluding hydrogens is 559 g/mol. The summed E-state index contributed by atoms with van der Waals surface area (Å²) >= 11 is 0. The number of benzene rings is 2. The van der Waals surface area contributed by atoms with Crippen molar-refractivity contribution in [2.45, 2.75) is 97.6 Å². The Hall–Kier alpha value is -3.37. The lowest BCUT2D eigenvalue weighted by atomic mass is 9.43. The molecule has 2 aromatic carbocycles. The van der Waals surface area contributed by atoms with Crippen LogP contribution in [0.25, 0.3) is 0 Å². The minimum absolute atomic E-state index is 0.0670. The van der Waals surface area contributed by atoms with Crippen LogP contribution in [0, 0.1) is 17.3 Å². The first-order valence-corrected chi connectivity index (χ1v) is 15.5. The lowest BCUT2D eigenvalue weighted by Gasteiger charge is -2.64. The van der Waals surface area contributed by atoms with Crippen molar-refractivity contribution < 1.29 is 33.2 Å². The molecule has 4 fully saturated rings. The molecule has 5 unspecified atom stereocenters. The Labute approximate surface area is 261 Å². The van der Waals surface area contributed by atoms with Crippen LogP contribution in [-0.2, 0) is 36.7 Å². The van der Waals surface area contributed by atoms with Crippen molar-refractivity contribution in [2.24, 2.45) is 22.4 Å². The molecule has 3 aliphatic carbocycles. The summed E-state index contributed by atoms with van der Waals surface area (Å²) in [5.74, 6) is -0.149. The molecular formula is C34H45BN2O7. The summed E-state index contributed by atoms with van der Waals surface area (Å²) in [6, 6.07) is 15.0. The topological polar surface area (TPSA) is 105 Å². The highest BCUT2D eigenvalue weighted by atomic mass is 16.7. The molecule has 0 spiro atoms. The zero-order chi connectivity index (χ0) is 31.9. The molecule has 236 valence electrons. The maximum Gasteiger partial charge on any atom is 0.482 e. The van der Waals surface area contributed by atoms with Crippen molar-refractivity contribution in [3.05, 3.63) is 65.2 Å². The van der Waals surface area contributed by atoms with Crippen LogP contribution in [0.1, 0.15) is 82.8 Å². The Morgan fingerprint density at radius 2 is 1.82 bits per heavy atom. The zero-order valence-electron chi connectivity index (χ0n) is 27.1. The first-order valence-electron chi connectivity index (χ1n) is 15.5. The Bertz CT molecular complexity index is 1410. The fraction of sp³-hybridized carbons (Fsp3) is 0.559. The molecule has 2 aromatic rings. The lowest BCUT2D eigenvalue weighted by molar-refractivity contribution is -0.199. The van der Waals surface area contributed by atoms with Gasteiger partial charge in [0.15, 0.2) is 0 Å². The molecule has 1 amide bonds. The Morgan fingerprint density at radius 3 is 2.48 bits per heavy atom. The van der Waals surface area contributed by atoms with Gasteiger partial charge in [-0.25, -0.2) is 4.79 Å². The van der Waals surface area contributed by atoms with Gasteiger partial charge in [0.2, 0.25) is 0 Å². The molecule has 10 heteroatoms. The number of methoxy groups -OCH3 is 1. The number of esters is 1. The van der Waals surface area contributed by atoms with Gasteiger partial charge in [-0.15, -0.1) is 0 Å². The van der Waals surface area contributed by atoms with Crippen LogP contribution >= 0.6 is 0 Å². The summed E-state index contributed by atoms with van der Waals surface area (Å²) < 4.78 is 24.7. The van der Waals surface area contributed by atoms with Crippen LogP contribution < -0.4 is 10.1 Å². The van der Waals surface area contributed by atoms with Gasteiger partial charge in [0, 0.05) is 0 Å². The number of nitrogens with zero attached hydrogens (tertiary/aromatic N) is 1. The first-order chi connectivity index (χ1) is 20.7. The minimum atomic E-state index is -0.711. The average Bonchev–Trinajstić information content (AvgIpc) is 3.33. The van der Waals surface area contributed by atoms with Gasteiger partial charge in [-0.05, 0) is 88.3 Å². The van der Waals surface area contributed by atoms with Crippen molar-refractivity contribution in [3.63, 3.8) is 0 Å². The predicted octanol–water partition coefficient (Wildman–Crippen LogP) is 5.54. The number of hydrogen-bond donors (Lipinski definition) is 1. The van der Waals surface area contributed by atoms with Crippen LogP contribution in [0.2, 0.25) is 0 Å². The lowest BCUT2D eigenvalue weighted by Crippen LogP contribution is -2.65. The third-order valence-electron chi connectivity index (χ3n) is 9.58. The maximum atomic E-state index is 13.5. The molecule has 1 aliphatic heterocycles. The first kappa shape index (κ1) is 32.0. The number of para-hydroxylation sites is 1. The van der Waals surface area contributed by atoms with E-state index in [1.165, 1.54) is 7.11 Å². The Kier molecular flexibility index (Phi) is 8.88. The van der Waals surface area contributed by atoms with E-state index in [0.717, 1.165) is 18.4 Å². The SMILES string of the molecule is COc1c(CC(NC(=O)/C(C)=N\OCc2ccccc2)B2OC3CC4CC(C4(C)C)C3(C)O2)cccc1C(=O)OC(C)(C)C. The molecule has 5 atom stereocenters. The minimum Gasteiger partial charge on any atom is -0.496 e. The van der Waals surface area contributed by atoms with Crippen molar-refractivity contribution in [1.82, 2.24) is 5.32 Å². The fourth-order valence-electron chi connectivity index (χ4n) is 7.10. The normalized spacial score (nSPS) is 26.2. The van der Waals surface area contributed by atoms with Gasteiger partial charge in [0.25, 0.3) is 5.91 Å². The number of ether oxygens (including phenoxy) is 2. The van der Waals surface area contributed by atoms with E-state index in [4.69, 9.17) is 23.6 Å². The highest BCUT2D eigenvalue weighted by molar-refractivity contribution is 6.49. The smallest absolute Gasteiger partial charge is 0.482 e. The van der Waals surface area contributed by atoms with E-state index in [0.29, 0.717) is 28.7 Å². The highest BCUT2D eigenvalue weighted by Gasteiger charge is 2.68. The summed E-state index contributed by atoms with van der Waals surface area (Å²) in [6.07, 6.45) is 2.25. The standard InChI is InChI=1S/C34H45BN2O7/c1-21(37-41-20-22-13-10-9-11-14-22)30(38)36-28(35-43-27-19-24-18-26(33(24,5)6)34(27,7)44-35)17-23-15-12-16-25(29(23)40-8)31(39)42-32(2,3)4/h9-16,24,26-28H,17-20H2,1-8H3,(H,36,38)/b37-21-. The maximum absolute atomic E-state index is 13.5. The summed E-state index contributed by atoms with van der Waals surface area (Å²) in [6.45, 7) is 14.1. The molecule has 6 rings (SSSR count). The molecule has 1 heterocycles. The summed E-state index contributed by atoms with van der Waals surface area (Å²) in [4.78, 5) is 32.0. The molecule has 0 radical (unpaired) electrons. The number of rotatable bonds is 10. The molecule has 9 nitrogen and oxygen atoms in total. The van der Waals surface area contributed by atoms with Crippen molar-refractivity contribution in [2.75, 3.05) is 7.11 Å². The number of carbonyl (C=O) groups is 2. The van der Waals surface area contributed by atoms with Gasteiger partial charge in [0.05, 0.1) is 24.8 Å². The van der Waals surface area contributed by atoms with Gasteiger partial charge >= 0.3 is 13.1 Å². The van der Waals surface area contributed by atoms with Crippen LogP contribution in [0.4, 0.5) is 0 Å². The zero-order valence-corrected chi connectivity index (χ0v) is 27.1. The third kappa shape index (κ3) is 6.38. The fourth-order valence-corrected chi connectivity index (χ4v) is 7.10. The average molecular weight is 605 g/mol.